The molecular formula is C17H28N4O4S2. The molecule has 1 unspecified atom stereocenters. The molecule has 10 heteroatoms. The maximum Gasteiger partial charge on any atom is 0.321 e. The van der Waals surface area contributed by atoms with E-state index in [0.29, 0.717) is 18.1 Å². The molecule has 8 nitrogen and oxygen atoms in total. The minimum atomic E-state index is -3.57. The Hall–Kier alpha value is -1.65. The van der Waals surface area contributed by atoms with Crippen LogP contribution in [0.2, 0.25) is 0 Å². The summed E-state index contributed by atoms with van der Waals surface area (Å²) >= 11 is 1.14. The lowest BCUT2D eigenvalue weighted by molar-refractivity contribution is -0.119. The van der Waals surface area contributed by atoms with Gasteiger partial charge in [-0.2, -0.15) is 4.31 Å². The van der Waals surface area contributed by atoms with Gasteiger partial charge in [0.15, 0.2) is 0 Å². The van der Waals surface area contributed by atoms with Crippen molar-refractivity contribution in [3.8, 4) is 0 Å². The molecule has 1 aromatic rings. The number of pyridine rings is 1. The zero-order valence-corrected chi connectivity index (χ0v) is 18.2. The first-order valence-electron chi connectivity index (χ1n) is 8.66. The Kier molecular flexibility index (Phi) is 8.24. The third-order valence-corrected chi connectivity index (χ3v) is 6.53. The van der Waals surface area contributed by atoms with E-state index in [1.807, 2.05) is 20.8 Å². The smallest absolute Gasteiger partial charge is 0.321 e. The van der Waals surface area contributed by atoms with Gasteiger partial charge >= 0.3 is 6.03 Å². The molecule has 0 aliphatic heterocycles. The van der Waals surface area contributed by atoms with Gasteiger partial charge < -0.3 is 5.32 Å². The average Bonchev–Trinajstić information content (AvgIpc) is 2.54. The summed E-state index contributed by atoms with van der Waals surface area (Å²) in [6.07, 6.45) is 1.28. The van der Waals surface area contributed by atoms with Gasteiger partial charge in [-0.05, 0) is 39.8 Å². The van der Waals surface area contributed by atoms with Crippen LogP contribution in [0.25, 0.3) is 0 Å². The predicted molar refractivity (Wildman–Crippen MR) is 106 cm³/mol. The topological polar surface area (TPSA) is 108 Å². The lowest BCUT2D eigenvalue weighted by Gasteiger charge is -2.21. The fourth-order valence-electron chi connectivity index (χ4n) is 2.12. The van der Waals surface area contributed by atoms with E-state index in [1.165, 1.54) is 16.6 Å². The number of carbonyl (C=O) groups excluding carboxylic acids is 2. The molecule has 1 aromatic heterocycles. The first-order valence-corrected chi connectivity index (χ1v) is 11.0. The molecule has 1 heterocycles. The number of thioether (sulfide) groups is 1. The van der Waals surface area contributed by atoms with Crippen molar-refractivity contribution in [2.24, 2.45) is 0 Å². The first kappa shape index (κ1) is 23.4. The molecular weight excluding hydrogens is 388 g/mol. The molecule has 0 fully saturated rings. The van der Waals surface area contributed by atoms with Crippen LogP contribution in [0.1, 0.15) is 41.5 Å². The normalized spacial score (nSPS) is 13.3. The van der Waals surface area contributed by atoms with E-state index < -0.39 is 32.8 Å². The van der Waals surface area contributed by atoms with Crippen molar-refractivity contribution in [1.29, 1.82) is 0 Å². The minimum Gasteiger partial charge on any atom is -0.333 e. The standard InChI is InChI=1S/C17H28N4O4S2/c1-7-21(8-2)27(24,25)13-9-10-14(18-11-13)26-12(3)15(22)19-16(23)20-17(4,5)6/h9-12H,7-8H2,1-6H3,(H2,19,20,22,23). The lowest BCUT2D eigenvalue weighted by atomic mass is 10.1. The van der Waals surface area contributed by atoms with Crippen molar-refractivity contribution in [3.63, 3.8) is 0 Å². The highest BCUT2D eigenvalue weighted by Gasteiger charge is 2.23. The van der Waals surface area contributed by atoms with E-state index in [2.05, 4.69) is 15.6 Å². The fourth-order valence-corrected chi connectivity index (χ4v) is 4.31. The van der Waals surface area contributed by atoms with Gasteiger partial charge in [0, 0.05) is 24.8 Å². The Morgan fingerprint density at radius 3 is 2.26 bits per heavy atom. The molecule has 1 rings (SSSR count). The number of sulfonamides is 1. The summed E-state index contributed by atoms with van der Waals surface area (Å²) in [6, 6.07) is 2.47. The quantitative estimate of drug-likeness (QED) is 0.660. The summed E-state index contributed by atoms with van der Waals surface area (Å²) in [5, 5.41) is 4.85. The van der Waals surface area contributed by atoms with Crippen LogP contribution in [-0.2, 0) is 14.8 Å². The maximum atomic E-state index is 12.4. The highest BCUT2D eigenvalue weighted by Crippen LogP contribution is 2.23. The number of nitrogens with zero attached hydrogens (tertiary/aromatic N) is 2. The molecule has 0 bridgehead atoms. The van der Waals surface area contributed by atoms with E-state index in [-0.39, 0.29) is 4.90 Å². The van der Waals surface area contributed by atoms with E-state index in [1.54, 1.807) is 26.8 Å². The maximum absolute atomic E-state index is 12.4. The average molecular weight is 417 g/mol. The molecule has 0 saturated heterocycles. The number of hydrogen-bond acceptors (Lipinski definition) is 6. The van der Waals surface area contributed by atoms with E-state index in [0.717, 1.165) is 11.8 Å². The number of hydrogen-bond donors (Lipinski definition) is 2. The fraction of sp³-hybridized carbons (Fsp3) is 0.588. The van der Waals surface area contributed by atoms with E-state index >= 15 is 0 Å². The van der Waals surface area contributed by atoms with Gasteiger partial charge in [-0.25, -0.2) is 18.2 Å². The van der Waals surface area contributed by atoms with Gasteiger partial charge in [0.1, 0.15) is 4.90 Å². The van der Waals surface area contributed by atoms with Crippen molar-refractivity contribution in [2.45, 2.75) is 62.3 Å². The van der Waals surface area contributed by atoms with Crippen molar-refractivity contribution in [3.05, 3.63) is 18.3 Å². The van der Waals surface area contributed by atoms with Crippen LogP contribution >= 0.6 is 11.8 Å². The SMILES string of the molecule is CCN(CC)S(=O)(=O)c1ccc(SC(C)C(=O)NC(=O)NC(C)(C)C)nc1. The molecule has 0 aromatic carbocycles. The predicted octanol–water partition coefficient (Wildman–Crippen LogP) is 2.22. The van der Waals surface area contributed by atoms with Crippen LogP contribution in [0, 0.1) is 0 Å². The molecule has 0 aliphatic carbocycles. The van der Waals surface area contributed by atoms with Crippen LogP contribution in [0.4, 0.5) is 4.79 Å². The Bertz CT molecular complexity index is 754. The number of nitrogens with one attached hydrogen (secondary N) is 2. The van der Waals surface area contributed by atoms with Crippen LogP contribution in [0.3, 0.4) is 0 Å². The van der Waals surface area contributed by atoms with Crippen molar-refractivity contribution < 1.29 is 18.0 Å². The summed E-state index contributed by atoms with van der Waals surface area (Å²) in [7, 11) is -3.57. The van der Waals surface area contributed by atoms with E-state index in [9.17, 15) is 18.0 Å². The van der Waals surface area contributed by atoms with Gasteiger partial charge in [0.05, 0.1) is 10.3 Å². The number of rotatable bonds is 7. The second-order valence-corrected chi connectivity index (χ2v) is 10.2. The van der Waals surface area contributed by atoms with Crippen LogP contribution < -0.4 is 10.6 Å². The lowest BCUT2D eigenvalue weighted by Crippen LogP contribution is -2.49. The van der Waals surface area contributed by atoms with Gasteiger partial charge in [0.2, 0.25) is 15.9 Å². The Morgan fingerprint density at radius 2 is 1.81 bits per heavy atom. The van der Waals surface area contributed by atoms with Crippen LogP contribution in [0.5, 0.6) is 0 Å². The molecule has 1 atom stereocenters. The largest absolute Gasteiger partial charge is 0.333 e. The van der Waals surface area contributed by atoms with Crippen molar-refractivity contribution in [2.75, 3.05) is 13.1 Å². The number of urea groups is 1. The summed E-state index contributed by atoms with van der Waals surface area (Å²) in [5.41, 5.74) is -0.450. The minimum absolute atomic E-state index is 0.109. The van der Waals surface area contributed by atoms with Gasteiger partial charge in [-0.1, -0.05) is 25.6 Å². The number of amides is 3. The summed E-state index contributed by atoms with van der Waals surface area (Å²) < 4.78 is 26.2. The first-order chi connectivity index (χ1) is 12.4. The molecule has 2 N–H and O–H groups in total. The molecule has 152 valence electrons. The third-order valence-electron chi connectivity index (χ3n) is 3.44. The summed E-state index contributed by atoms with van der Waals surface area (Å²) in [5.74, 6) is -0.455. The number of imide groups is 1. The van der Waals surface area contributed by atoms with Gasteiger partial charge in [-0.15, -0.1) is 0 Å². The Morgan fingerprint density at radius 1 is 1.22 bits per heavy atom. The third kappa shape index (κ3) is 7.11. The highest BCUT2D eigenvalue weighted by molar-refractivity contribution is 8.00. The highest BCUT2D eigenvalue weighted by atomic mass is 32.2. The molecule has 0 spiro atoms. The molecule has 0 saturated carbocycles. The van der Waals surface area contributed by atoms with E-state index in [4.69, 9.17) is 0 Å². The molecule has 0 aliphatic rings. The number of aromatic nitrogens is 1. The zero-order chi connectivity index (χ0) is 20.8. The summed E-state index contributed by atoms with van der Waals surface area (Å²) in [6.45, 7) is 11.4. The zero-order valence-electron chi connectivity index (χ0n) is 16.6. The van der Waals surface area contributed by atoms with Gasteiger partial charge in [-0.3, -0.25) is 10.1 Å². The summed E-state index contributed by atoms with van der Waals surface area (Å²) in [4.78, 5) is 28.1. The number of carbonyl (C=O) groups is 2. The van der Waals surface area contributed by atoms with Gasteiger partial charge in [0.25, 0.3) is 0 Å². The molecule has 0 radical (unpaired) electrons. The van der Waals surface area contributed by atoms with Crippen molar-refractivity contribution in [1.82, 2.24) is 19.9 Å². The van der Waals surface area contributed by atoms with Crippen LogP contribution in [-0.4, -0.2) is 53.5 Å². The Balaban J connectivity index is 2.75. The molecule has 27 heavy (non-hydrogen) atoms. The van der Waals surface area contributed by atoms with Crippen molar-refractivity contribution >= 4 is 33.7 Å². The second kappa shape index (κ2) is 9.52. The second-order valence-electron chi connectivity index (χ2n) is 6.87. The molecule has 3 amide bonds. The monoisotopic (exact) mass is 416 g/mol. The van der Waals surface area contributed by atoms with Crippen LogP contribution in [0.15, 0.2) is 28.3 Å². The Labute approximate surface area is 165 Å².